The molecule has 0 radical (unpaired) electrons. The maximum Gasteiger partial charge on any atom is 0.0192 e. The highest BCUT2D eigenvalue weighted by atomic mass is 15.1. The Morgan fingerprint density at radius 2 is 1.92 bits per heavy atom. The second-order valence-electron chi connectivity index (χ2n) is 5.11. The average molecular weight is 167 g/mol. The maximum atomic E-state index is 3.89. The van der Waals surface area contributed by atoms with Crippen LogP contribution in [0.5, 0.6) is 0 Å². The Kier molecular flexibility index (Phi) is 2.35. The number of hydrogen-bond acceptors (Lipinski definition) is 1. The Balaban J connectivity index is 2.73. The van der Waals surface area contributed by atoms with Crippen LogP contribution in [0.3, 0.4) is 0 Å². The number of hydrogen-bond donors (Lipinski definition) is 1. The van der Waals surface area contributed by atoms with Crippen molar-refractivity contribution in [3.8, 4) is 0 Å². The predicted molar refractivity (Wildman–Crippen MR) is 54.2 cm³/mol. The third kappa shape index (κ3) is 1.89. The van der Waals surface area contributed by atoms with Crippen molar-refractivity contribution < 1.29 is 0 Å². The summed E-state index contributed by atoms with van der Waals surface area (Å²) >= 11 is 0. The van der Waals surface area contributed by atoms with Crippen molar-refractivity contribution >= 4 is 0 Å². The first-order valence-electron chi connectivity index (χ1n) is 4.79. The first kappa shape index (κ1) is 9.79. The van der Waals surface area contributed by atoms with Gasteiger partial charge >= 0.3 is 0 Å². The summed E-state index contributed by atoms with van der Waals surface area (Å²) in [5.41, 5.74) is 0.506. The zero-order chi connectivity index (χ0) is 9.41. The first-order valence-corrected chi connectivity index (χ1v) is 4.79. The van der Waals surface area contributed by atoms with Crippen molar-refractivity contribution in [3.05, 3.63) is 12.7 Å². The first-order chi connectivity index (χ1) is 5.37. The summed E-state index contributed by atoms with van der Waals surface area (Å²) in [6.45, 7) is 13.0. The SMILES string of the molecule is C=C[C@@H]1CCC(C)(C)NC1(C)C. The van der Waals surface area contributed by atoms with Gasteiger partial charge in [0.1, 0.15) is 0 Å². The van der Waals surface area contributed by atoms with E-state index in [4.69, 9.17) is 0 Å². The Labute approximate surface area is 76.2 Å². The van der Waals surface area contributed by atoms with Gasteiger partial charge in [-0.3, -0.25) is 0 Å². The second kappa shape index (κ2) is 2.88. The Morgan fingerprint density at radius 1 is 1.33 bits per heavy atom. The minimum absolute atomic E-state index is 0.212. The van der Waals surface area contributed by atoms with Crippen LogP contribution in [-0.2, 0) is 0 Å². The standard InChI is InChI=1S/C11H21N/c1-6-9-7-8-10(2,3)12-11(9,4)5/h6,9,12H,1,7-8H2,2-5H3/t9-/m1/s1. The van der Waals surface area contributed by atoms with Gasteiger partial charge in [-0.05, 0) is 46.5 Å². The van der Waals surface area contributed by atoms with E-state index in [0.29, 0.717) is 11.5 Å². The van der Waals surface area contributed by atoms with Crippen molar-refractivity contribution in [3.63, 3.8) is 0 Å². The summed E-state index contributed by atoms with van der Waals surface area (Å²) < 4.78 is 0. The van der Waals surface area contributed by atoms with Crippen LogP contribution < -0.4 is 5.32 Å². The van der Waals surface area contributed by atoms with E-state index in [1.54, 1.807) is 0 Å². The monoisotopic (exact) mass is 167 g/mol. The highest BCUT2D eigenvalue weighted by molar-refractivity contribution is 5.03. The maximum absolute atomic E-state index is 3.89. The third-order valence-corrected chi connectivity index (χ3v) is 2.95. The minimum atomic E-state index is 0.212. The third-order valence-electron chi connectivity index (χ3n) is 2.95. The van der Waals surface area contributed by atoms with E-state index in [2.05, 4.69) is 45.7 Å². The molecule has 0 saturated carbocycles. The van der Waals surface area contributed by atoms with Crippen LogP contribution >= 0.6 is 0 Å². The topological polar surface area (TPSA) is 12.0 Å². The van der Waals surface area contributed by atoms with E-state index in [-0.39, 0.29) is 5.54 Å². The van der Waals surface area contributed by atoms with Crippen molar-refractivity contribution in [2.24, 2.45) is 5.92 Å². The van der Waals surface area contributed by atoms with E-state index >= 15 is 0 Å². The Hall–Kier alpha value is -0.300. The van der Waals surface area contributed by atoms with Gasteiger partial charge in [0.15, 0.2) is 0 Å². The van der Waals surface area contributed by atoms with E-state index < -0.39 is 0 Å². The molecule has 0 spiro atoms. The molecule has 1 atom stereocenters. The Bertz CT molecular complexity index is 179. The number of nitrogens with one attached hydrogen (secondary N) is 1. The van der Waals surface area contributed by atoms with Crippen molar-refractivity contribution in [2.45, 2.75) is 51.6 Å². The lowest BCUT2D eigenvalue weighted by Crippen LogP contribution is -2.59. The van der Waals surface area contributed by atoms with Gasteiger partial charge in [-0.25, -0.2) is 0 Å². The fraction of sp³-hybridized carbons (Fsp3) is 0.818. The van der Waals surface area contributed by atoms with Crippen LogP contribution in [0.4, 0.5) is 0 Å². The zero-order valence-electron chi connectivity index (χ0n) is 8.78. The summed E-state index contributed by atoms with van der Waals surface area (Å²) in [6.07, 6.45) is 4.59. The van der Waals surface area contributed by atoms with Crippen LogP contribution in [0, 0.1) is 5.92 Å². The molecule has 0 aliphatic carbocycles. The molecule has 1 aliphatic heterocycles. The molecule has 0 unspecified atom stereocenters. The molecule has 1 N–H and O–H groups in total. The molecule has 0 aromatic rings. The molecule has 0 aromatic carbocycles. The lowest BCUT2D eigenvalue weighted by molar-refractivity contribution is 0.139. The lowest BCUT2D eigenvalue weighted by atomic mass is 9.75. The molecule has 1 saturated heterocycles. The molecule has 1 aliphatic rings. The largest absolute Gasteiger partial charge is 0.306 e. The van der Waals surface area contributed by atoms with Gasteiger partial charge in [0.25, 0.3) is 0 Å². The quantitative estimate of drug-likeness (QED) is 0.592. The minimum Gasteiger partial charge on any atom is -0.306 e. The van der Waals surface area contributed by atoms with Gasteiger partial charge in [-0.2, -0.15) is 0 Å². The summed E-state index contributed by atoms with van der Waals surface area (Å²) in [7, 11) is 0. The fourth-order valence-electron chi connectivity index (χ4n) is 2.32. The molecule has 0 amide bonds. The normalized spacial score (nSPS) is 32.8. The van der Waals surface area contributed by atoms with Gasteiger partial charge in [-0.15, -0.1) is 6.58 Å². The van der Waals surface area contributed by atoms with Gasteiger partial charge in [-0.1, -0.05) is 6.08 Å². The molecule has 0 aromatic heterocycles. The smallest absolute Gasteiger partial charge is 0.0192 e. The van der Waals surface area contributed by atoms with Crippen LogP contribution in [0.1, 0.15) is 40.5 Å². The second-order valence-corrected chi connectivity index (χ2v) is 5.11. The number of piperidine rings is 1. The van der Waals surface area contributed by atoms with Crippen molar-refractivity contribution in [2.75, 3.05) is 0 Å². The van der Waals surface area contributed by atoms with E-state index in [9.17, 15) is 0 Å². The summed E-state index contributed by atoms with van der Waals surface area (Å²) in [5.74, 6) is 0.616. The average Bonchev–Trinajstić information content (AvgIpc) is 1.83. The fourth-order valence-corrected chi connectivity index (χ4v) is 2.32. The highest BCUT2D eigenvalue weighted by Gasteiger charge is 2.37. The van der Waals surface area contributed by atoms with Gasteiger partial charge < -0.3 is 5.32 Å². The van der Waals surface area contributed by atoms with E-state index in [0.717, 1.165) is 0 Å². The predicted octanol–water partition coefficient (Wildman–Crippen LogP) is 2.73. The molecule has 12 heavy (non-hydrogen) atoms. The van der Waals surface area contributed by atoms with E-state index in [1.165, 1.54) is 12.8 Å². The zero-order valence-corrected chi connectivity index (χ0v) is 8.78. The molecular formula is C11H21N. The van der Waals surface area contributed by atoms with Crippen LogP contribution in [0.15, 0.2) is 12.7 Å². The van der Waals surface area contributed by atoms with Crippen molar-refractivity contribution in [1.82, 2.24) is 5.32 Å². The Morgan fingerprint density at radius 3 is 2.33 bits per heavy atom. The number of rotatable bonds is 1. The molecule has 1 fully saturated rings. The highest BCUT2D eigenvalue weighted by Crippen LogP contribution is 2.33. The molecule has 0 bridgehead atoms. The van der Waals surface area contributed by atoms with Crippen LogP contribution in [0.25, 0.3) is 0 Å². The summed E-state index contributed by atoms with van der Waals surface area (Å²) in [4.78, 5) is 0. The molecule has 1 rings (SSSR count). The summed E-state index contributed by atoms with van der Waals surface area (Å²) in [6, 6.07) is 0. The van der Waals surface area contributed by atoms with Gasteiger partial charge in [0.05, 0.1) is 0 Å². The lowest BCUT2D eigenvalue weighted by Gasteiger charge is -2.47. The molecule has 1 heteroatoms. The molecular weight excluding hydrogens is 146 g/mol. The van der Waals surface area contributed by atoms with Crippen LogP contribution in [0.2, 0.25) is 0 Å². The molecule has 1 nitrogen and oxygen atoms in total. The molecule has 1 heterocycles. The van der Waals surface area contributed by atoms with Crippen molar-refractivity contribution in [1.29, 1.82) is 0 Å². The molecule has 70 valence electrons. The van der Waals surface area contributed by atoms with Crippen LogP contribution in [-0.4, -0.2) is 11.1 Å². The van der Waals surface area contributed by atoms with Gasteiger partial charge in [0.2, 0.25) is 0 Å². The van der Waals surface area contributed by atoms with E-state index in [1.807, 2.05) is 0 Å². The summed E-state index contributed by atoms with van der Waals surface area (Å²) in [5, 5.41) is 3.66. The van der Waals surface area contributed by atoms with Gasteiger partial charge in [0, 0.05) is 11.1 Å².